The molecule has 0 radical (unpaired) electrons. The maximum Gasteiger partial charge on any atom is 0.0822 e. The van der Waals surface area contributed by atoms with Crippen molar-refractivity contribution >= 4 is 7.14 Å². The molecule has 0 aromatic rings. The third-order valence-corrected chi connectivity index (χ3v) is 4.09. The SMILES string of the molecule is CC1CC1C(C)CP(C)(C)=O. The molecule has 1 rings (SSSR count). The molecule has 11 heavy (non-hydrogen) atoms. The summed E-state index contributed by atoms with van der Waals surface area (Å²) in [6.07, 6.45) is 2.31. The zero-order valence-corrected chi connectivity index (χ0v) is 8.90. The monoisotopic (exact) mass is 174 g/mol. The van der Waals surface area contributed by atoms with Crippen molar-refractivity contribution in [3.63, 3.8) is 0 Å². The van der Waals surface area contributed by atoms with Gasteiger partial charge >= 0.3 is 0 Å². The average Bonchev–Trinajstić information content (AvgIpc) is 2.41. The van der Waals surface area contributed by atoms with Gasteiger partial charge in [-0.2, -0.15) is 0 Å². The lowest BCUT2D eigenvalue weighted by Gasteiger charge is -2.13. The van der Waals surface area contributed by atoms with Gasteiger partial charge in [0.1, 0.15) is 0 Å². The van der Waals surface area contributed by atoms with Crippen molar-refractivity contribution in [2.24, 2.45) is 17.8 Å². The summed E-state index contributed by atoms with van der Waals surface area (Å²) in [5.41, 5.74) is 0. The highest BCUT2D eigenvalue weighted by molar-refractivity contribution is 7.62. The Bertz CT molecular complexity index is 182. The zero-order valence-electron chi connectivity index (χ0n) is 8.00. The van der Waals surface area contributed by atoms with Crippen molar-refractivity contribution < 1.29 is 4.57 Å². The van der Waals surface area contributed by atoms with E-state index < -0.39 is 7.14 Å². The van der Waals surface area contributed by atoms with E-state index in [0.29, 0.717) is 5.92 Å². The Balaban J connectivity index is 2.33. The first-order valence-corrected chi connectivity index (χ1v) is 7.23. The van der Waals surface area contributed by atoms with Crippen molar-refractivity contribution in [3.8, 4) is 0 Å². The van der Waals surface area contributed by atoms with Crippen LogP contribution in [0.2, 0.25) is 0 Å². The van der Waals surface area contributed by atoms with Gasteiger partial charge < -0.3 is 4.57 Å². The van der Waals surface area contributed by atoms with Crippen molar-refractivity contribution in [1.82, 2.24) is 0 Å². The predicted octanol–water partition coefficient (Wildman–Crippen LogP) is 2.90. The molecule has 1 nitrogen and oxygen atoms in total. The fourth-order valence-corrected chi connectivity index (χ4v) is 3.63. The van der Waals surface area contributed by atoms with Crippen LogP contribution >= 0.6 is 7.14 Å². The fourth-order valence-electron chi connectivity index (χ4n) is 1.97. The molecule has 0 N–H and O–H groups in total. The minimum Gasteiger partial charge on any atom is -0.324 e. The van der Waals surface area contributed by atoms with E-state index in [1.807, 2.05) is 13.3 Å². The third-order valence-electron chi connectivity index (χ3n) is 2.63. The summed E-state index contributed by atoms with van der Waals surface area (Å²) in [7, 11) is -1.76. The molecule has 2 heteroatoms. The second-order valence-electron chi connectivity index (χ2n) is 4.61. The van der Waals surface area contributed by atoms with Crippen LogP contribution in [-0.2, 0) is 4.57 Å². The van der Waals surface area contributed by atoms with Gasteiger partial charge in [0.2, 0.25) is 0 Å². The minimum absolute atomic E-state index is 0.686. The molecule has 3 atom stereocenters. The van der Waals surface area contributed by atoms with E-state index in [0.717, 1.165) is 18.0 Å². The molecule has 0 amide bonds. The molecule has 0 aromatic heterocycles. The molecule has 0 heterocycles. The first-order chi connectivity index (χ1) is 4.90. The van der Waals surface area contributed by atoms with E-state index in [1.165, 1.54) is 6.42 Å². The highest BCUT2D eigenvalue weighted by Crippen LogP contribution is 2.49. The van der Waals surface area contributed by atoms with Gasteiger partial charge in [0.05, 0.1) is 7.14 Å². The van der Waals surface area contributed by atoms with Crippen LogP contribution in [0.25, 0.3) is 0 Å². The Hall–Kier alpha value is 0.230. The Kier molecular flexibility index (Phi) is 2.49. The summed E-state index contributed by atoms with van der Waals surface area (Å²) in [6, 6.07) is 0. The topological polar surface area (TPSA) is 17.1 Å². The van der Waals surface area contributed by atoms with Crippen LogP contribution in [0.1, 0.15) is 20.3 Å². The molecule has 1 aliphatic carbocycles. The number of rotatable bonds is 3. The van der Waals surface area contributed by atoms with Gasteiger partial charge in [0.15, 0.2) is 0 Å². The molecule has 0 aliphatic heterocycles. The lowest BCUT2D eigenvalue weighted by atomic mass is 10.1. The van der Waals surface area contributed by atoms with Crippen LogP contribution in [0.3, 0.4) is 0 Å². The first kappa shape index (κ1) is 9.32. The van der Waals surface area contributed by atoms with E-state index in [2.05, 4.69) is 13.8 Å². The van der Waals surface area contributed by atoms with Crippen molar-refractivity contribution in [3.05, 3.63) is 0 Å². The molecule has 3 unspecified atom stereocenters. The molecule has 1 fully saturated rings. The van der Waals surface area contributed by atoms with Gasteiger partial charge in [-0.1, -0.05) is 13.8 Å². The maximum absolute atomic E-state index is 11.5. The van der Waals surface area contributed by atoms with Gasteiger partial charge in [-0.05, 0) is 37.5 Å². The normalized spacial score (nSPS) is 33.5. The Morgan fingerprint density at radius 1 is 1.55 bits per heavy atom. The van der Waals surface area contributed by atoms with E-state index in [9.17, 15) is 4.57 Å². The average molecular weight is 174 g/mol. The smallest absolute Gasteiger partial charge is 0.0822 e. The molecular formula is C9H19OP. The Morgan fingerprint density at radius 2 is 2.00 bits per heavy atom. The molecule has 0 spiro atoms. The van der Waals surface area contributed by atoms with Gasteiger partial charge in [0, 0.05) is 6.16 Å². The first-order valence-electron chi connectivity index (χ1n) is 4.44. The van der Waals surface area contributed by atoms with Crippen molar-refractivity contribution in [1.29, 1.82) is 0 Å². The number of hydrogen-bond donors (Lipinski definition) is 0. The Morgan fingerprint density at radius 3 is 2.27 bits per heavy atom. The quantitative estimate of drug-likeness (QED) is 0.601. The van der Waals surface area contributed by atoms with Crippen LogP contribution in [0.15, 0.2) is 0 Å². The van der Waals surface area contributed by atoms with E-state index in [4.69, 9.17) is 0 Å². The third kappa shape index (κ3) is 2.99. The second-order valence-corrected chi connectivity index (χ2v) is 8.12. The van der Waals surface area contributed by atoms with Gasteiger partial charge in [0.25, 0.3) is 0 Å². The van der Waals surface area contributed by atoms with E-state index in [1.54, 1.807) is 0 Å². The molecular weight excluding hydrogens is 155 g/mol. The Labute approximate surface area is 69.9 Å². The summed E-state index contributed by atoms with van der Waals surface area (Å²) in [4.78, 5) is 0. The van der Waals surface area contributed by atoms with Crippen molar-refractivity contribution in [2.45, 2.75) is 20.3 Å². The molecule has 66 valence electrons. The van der Waals surface area contributed by atoms with Crippen LogP contribution in [0, 0.1) is 17.8 Å². The molecule has 1 aliphatic rings. The van der Waals surface area contributed by atoms with Crippen LogP contribution in [0.4, 0.5) is 0 Å². The lowest BCUT2D eigenvalue weighted by molar-refractivity contribution is 0.517. The van der Waals surface area contributed by atoms with E-state index >= 15 is 0 Å². The standard InChI is InChI=1S/C9H19OP/c1-7-5-9(7)8(2)6-11(3,4)10/h7-9H,5-6H2,1-4H3. The van der Waals surface area contributed by atoms with E-state index in [-0.39, 0.29) is 0 Å². The number of hydrogen-bond acceptors (Lipinski definition) is 1. The minimum atomic E-state index is -1.76. The largest absolute Gasteiger partial charge is 0.324 e. The summed E-state index contributed by atoms with van der Waals surface area (Å²) in [5.74, 6) is 2.46. The highest BCUT2D eigenvalue weighted by Gasteiger charge is 2.38. The summed E-state index contributed by atoms with van der Waals surface area (Å²) < 4.78 is 11.5. The van der Waals surface area contributed by atoms with Gasteiger partial charge in [-0.25, -0.2) is 0 Å². The molecule has 0 aromatic carbocycles. The van der Waals surface area contributed by atoms with Crippen molar-refractivity contribution in [2.75, 3.05) is 19.5 Å². The van der Waals surface area contributed by atoms with Crippen LogP contribution < -0.4 is 0 Å². The highest BCUT2D eigenvalue weighted by atomic mass is 31.2. The summed E-state index contributed by atoms with van der Waals surface area (Å²) in [5, 5.41) is 0. The second kappa shape index (κ2) is 2.94. The molecule has 1 saturated carbocycles. The molecule has 0 saturated heterocycles. The summed E-state index contributed by atoms with van der Waals surface area (Å²) >= 11 is 0. The van der Waals surface area contributed by atoms with Gasteiger partial charge in [-0.15, -0.1) is 0 Å². The van der Waals surface area contributed by atoms with Gasteiger partial charge in [-0.3, -0.25) is 0 Å². The van der Waals surface area contributed by atoms with Crippen LogP contribution in [0.5, 0.6) is 0 Å². The predicted molar refractivity (Wildman–Crippen MR) is 50.8 cm³/mol. The maximum atomic E-state index is 11.5. The summed E-state index contributed by atoms with van der Waals surface area (Å²) in [6.45, 7) is 8.33. The fraction of sp³-hybridized carbons (Fsp3) is 1.00. The molecule has 0 bridgehead atoms. The zero-order chi connectivity index (χ0) is 8.65. The van der Waals surface area contributed by atoms with Crippen LogP contribution in [-0.4, -0.2) is 19.5 Å². The lowest BCUT2D eigenvalue weighted by Crippen LogP contribution is -2.04.